The molecule has 1 fully saturated rings. The van der Waals surface area contributed by atoms with Crippen LogP contribution in [0.1, 0.15) is 18.4 Å². The van der Waals surface area contributed by atoms with E-state index in [1.165, 1.54) is 5.56 Å². The Kier molecular flexibility index (Phi) is 9.68. The van der Waals surface area contributed by atoms with Crippen LogP contribution in [0.3, 0.4) is 0 Å². The average molecular weight is 441 g/mol. The molecule has 0 saturated carbocycles. The number of hydrogen-bond donors (Lipinski definition) is 1. The van der Waals surface area contributed by atoms with E-state index in [0.717, 1.165) is 44.6 Å². The number of carbonyl (C=O) groups is 2. The minimum atomic E-state index is -1.02. The summed E-state index contributed by atoms with van der Waals surface area (Å²) in [4.78, 5) is 27.8. The summed E-state index contributed by atoms with van der Waals surface area (Å²) in [6.45, 7) is 2.84. The molecule has 0 radical (unpaired) electrons. The first-order valence-corrected chi connectivity index (χ1v) is 11.1. The molecule has 0 bridgehead atoms. The van der Waals surface area contributed by atoms with Crippen LogP contribution in [0, 0.1) is 0 Å². The van der Waals surface area contributed by atoms with Gasteiger partial charge >= 0.3 is 5.97 Å². The minimum Gasteiger partial charge on any atom is -0.480 e. The smallest absolute Gasteiger partial charge is 0.329 e. The van der Waals surface area contributed by atoms with Crippen molar-refractivity contribution < 1.29 is 24.2 Å². The lowest BCUT2D eigenvalue weighted by molar-refractivity contribution is -0.143. The lowest BCUT2D eigenvalue weighted by Gasteiger charge is -2.38. The van der Waals surface area contributed by atoms with Crippen LogP contribution in [0.5, 0.6) is 0 Å². The molecule has 1 saturated heterocycles. The Morgan fingerprint density at radius 1 is 0.906 bits per heavy atom. The number of anilines is 1. The van der Waals surface area contributed by atoms with Gasteiger partial charge in [0, 0.05) is 31.4 Å². The molecule has 1 amide bonds. The van der Waals surface area contributed by atoms with E-state index in [-0.39, 0.29) is 38.4 Å². The van der Waals surface area contributed by atoms with Crippen LogP contribution in [-0.4, -0.2) is 74.0 Å². The second-order valence-electron chi connectivity index (χ2n) is 7.91. The van der Waals surface area contributed by atoms with E-state index in [4.69, 9.17) is 14.6 Å². The van der Waals surface area contributed by atoms with Crippen molar-refractivity contribution in [2.24, 2.45) is 0 Å². The monoisotopic (exact) mass is 440 g/mol. The topological polar surface area (TPSA) is 79.3 Å². The fourth-order valence-electron chi connectivity index (χ4n) is 3.99. The number of hydrogen-bond acceptors (Lipinski definition) is 5. The van der Waals surface area contributed by atoms with Crippen molar-refractivity contribution >= 4 is 17.6 Å². The summed E-state index contributed by atoms with van der Waals surface area (Å²) in [5, 5.41) is 8.58. The number of nitrogens with zero attached hydrogens (tertiary/aromatic N) is 2. The van der Waals surface area contributed by atoms with E-state index < -0.39 is 5.97 Å². The molecule has 0 atom stereocenters. The third-order valence-corrected chi connectivity index (χ3v) is 5.61. The molecule has 1 heterocycles. The number of carboxylic acid groups (broad SMARTS) is 1. The standard InChI is InChI=1S/C25H32N2O5/c28-24(19-31-17-18-32-20-25(29)30)27(22-9-5-2-6-10-22)23-12-15-26(16-13-23)14-11-21-7-3-1-4-8-21/h1-10,23H,11-20H2,(H,29,30). The zero-order chi connectivity index (χ0) is 22.6. The third-order valence-electron chi connectivity index (χ3n) is 5.61. The number of benzene rings is 2. The molecule has 0 spiro atoms. The SMILES string of the molecule is O=C(O)COCCOCC(=O)N(c1ccccc1)C1CCN(CCc2ccccc2)CC1. The molecule has 1 N–H and O–H groups in total. The number of carboxylic acids is 1. The Hall–Kier alpha value is -2.74. The number of carbonyl (C=O) groups excluding carboxylic acids is 1. The highest BCUT2D eigenvalue weighted by molar-refractivity contribution is 5.94. The van der Waals surface area contributed by atoms with E-state index >= 15 is 0 Å². The highest BCUT2D eigenvalue weighted by Gasteiger charge is 2.29. The average Bonchev–Trinajstić information content (AvgIpc) is 2.82. The van der Waals surface area contributed by atoms with E-state index in [9.17, 15) is 9.59 Å². The summed E-state index contributed by atoms with van der Waals surface area (Å²) in [6.07, 6.45) is 2.86. The van der Waals surface area contributed by atoms with Crippen molar-refractivity contribution in [1.29, 1.82) is 0 Å². The Labute approximate surface area is 189 Å². The van der Waals surface area contributed by atoms with Crippen molar-refractivity contribution in [2.75, 3.05) is 51.0 Å². The van der Waals surface area contributed by atoms with E-state index in [0.29, 0.717) is 0 Å². The van der Waals surface area contributed by atoms with Crippen LogP contribution < -0.4 is 4.90 Å². The number of amides is 1. The predicted molar refractivity (Wildman–Crippen MR) is 123 cm³/mol. The Morgan fingerprint density at radius 3 is 2.12 bits per heavy atom. The van der Waals surface area contributed by atoms with Crippen LogP contribution in [0.4, 0.5) is 5.69 Å². The molecule has 0 aliphatic carbocycles. The fraction of sp³-hybridized carbons (Fsp3) is 0.440. The van der Waals surface area contributed by atoms with Crippen molar-refractivity contribution in [1.82, 2.24) is 4.90 Å². The highest BCUT2D eigenvalue weighted by Crippen LogP contribution is 2.24. The van der Waals surface area contributed by atoms with Gasteiger partial charge in [0.15, 0.2) is 0 Å². The van der Waals surface area contributed by atoms with Crippen molar-refractivity contribution in [3.8, 4) is 0 Å². The normalized spacial score (nSPS) is 14.9. The number of aliphatic carboxylic acids is 1. The lowest BCUT2D eigenvalue weighted by Crippen LogP contribution is -2.49. The number of para-hydroxylation sites is 1. The van der Waals surface area contributed by atoms with Crippen molar-refractivity contribution in [2.45, 2.75) is 25.3 Å². The second kappa shape index (κ2) is 13.0. The molecular formula is C25H32N2O5. The van der Waals surface area contributed by atoms with Crippen LogP contribution >= 0.6 is 0 Å². The molecule has 2 aromatic rings. The van der Waals surface area contributed by atoms with Gasteiger partial charge in [0.2, 0.25) is 0 Å². The number of rotatable bonds is 12. The molecule has 7 nitrogen and oxygen atoms in total. The van der Waals surface area contributed by atoms with Crippen LogP contribution in [0.15, 0.2) is 60.7 Å². The van der Waals surface area contributed by atoms with E-state index in [1.807, 2.05) is 41.3 Å². The molecule has 0 aromatic heterocycles. The second-order valence-corrected chi connectivity index (χ2v) is 7.91. The van der Waals surface area contributed by atoms with Gasteiger partial charge in [0.1, 0.15) is 13.2 Å². The molecule has 1 aliphatic heterocycles. The van der Waals surface area contributed by atoms with Crippen LogP contribution in [0.25, 0.3) is 0 Å². The lowest BCUT2D eigenvalue weighted by atomic mass is 10.0. The Morgan fingerprint density at radius 2 is 1.50 bits per heavy atom. The first kappa shape index (κ1) is 23.9. The summed E-state index contributed by atoms with van der Waals surface area (Å²) < 4.78 is 10.4. The summed E-state index contributed by atoms with van der Waals surface area (Å²) in [7, 11) is 0. The third kappa shape index (κ3) is 7.75. The fourth-order valence-corrected chi connectivity index (χ4v) is 3.99. The minimum absolute atomic E-state index is 0.0560. The predicted octanol–water partition coefficient (Wildman–Crippen LogP) is 2.84. The zero-order valence-electron chi connectivity index (χ0n) is 18.4. The molecule has 172 valence electrons. The van der Waals surface area contributed by atoms with Crippen molar-refractivity contribution in [3.05, 3.63) is 66.2 Å². The molecule has 7 heteroatoms. The number of likely N-dealkylation sites (tertiary alicyclic amines) is 1. The summed E-state index contributed by atoms with van der Waals surface area (Å²) in [6, 6.07) is 20.4. The molecule has 2 aromatic carbocycles. The van der Waals surface area contributed by atoms with Gasteiger partial charge in [0.05, 0.1) is 13.2 Å². The first-order valence-electron chi connectivity index (χ1n) is 11.1. The Balaban J connectivity index is 1.50. The molecule has 1 aliphatic rings. The van der Waals surface area contributed by atoms with Crippen LogP contribution in [0.2, 0.25) is 0 Å². The molecular weight excluding hydrogens is 408 g/mol. The molecule has 0 unspecified atom stereocenters. The van der Waals surface area contributed by atoms with Crippen molar-refractivity contribution in [3.63, 3.8) is 0 Å². The van der Waals surface area contributed by atoms with Gasteiger partial charge in [-0.3, -0.25) is 4.79 Å². The summed E-state index contributed by atoms with van der Waals surface area (Å²) in [5.41, 5.74) is 2.23. The van der Waals surface area contributed by atoms with Gasteiger partial charge in [-0.25, -0.2) is 4.79 Å². The molecule has 32 heavy (non-hydrogen) atoms. The van der Waals surface area contributed by atoms with Gasteiger partial charge in [-0.15, -0.1) is 0 Å². The first-order chi connectivity index (χ1) is 15.6. The van der Waals surface area contributed by atoms with Gasteiger partial charge in [-0.1, -0.05) is 48.5 Å². The Bertz CT molecular complexity index is 823. The molecule has 3 rings (SSSR count). The maximum atomic E-state index is 13.0. The van der Waals surface area contributed by atoms with Gasteiger partial charge in [-0.05, 0) is 37.0 Å². The van der Waals surface area contributed by atoms with E-state index in [1.54, 1.807) is 0 Å². The maximum absolute atomic E-state index is 13.0. The van der Waals surface area contributed by atoms with Gasteiger partial charge in [0.25, 0.3) is 5.91 Å². The maximum Gasteiger partial charge on any atom is 0.329 e. The van der Waals surface area contributed by atoms with E-state index in [2.05, 4.69) is 29.2 Å². The van der Waals surface area contributed by atoms with Gasteiger partial charge in [-0.2, -0.15) is 0 Å². The zero-order valence-corrected chi connectivity index (χ0v) is 18.4. The quantitative estimate of drug-likeness (QED) is 0.512. The summed E-state index contributed by atoms with van der Waals surface area (Å²) >= 11 is 0. The highest BCUT2D eigenvalue weighted by atomic mass is 16.5. The summed E-state index contributed by atoms with van der Waals surface area (Å²) in [5.74, 6) is -1.11. The number of ether oxygens (including phenoxy) is 2. The number of piperidine rings is 1. The van der Waals surface area contributed by atoms with Crippen LogP contribution in [-0.2, 0) is 25.5 Å². The van der Waals surface area contributed by atoms with Gasteiger partial charge < -0.3 is 24.4 Å². The largest absolute Gasteiger partial charge is 0.480 e.